The topological polar surface area (TPSA) is 70.6 Å². The standard InChI is InChI=1S/C18H28N2O3.ClH/c1-3-4-5-8-23-17-9-13(2)6-7-14(17)11-20-18(22)16-10-15(21)12-19-16;/h6-7,9,15-16,19,21H,3-5,8,10-12H2,1-2H3,(H,20,22);1H. The van der Waals surface area contributed by atoms with E-state index in [1.165, 1.54) is 6.42 Å². The molecule has 0 bridgehead atoms. The molecule has 24 heavy (non-hydrogen) atoms. The molecule has 0 aliphatic carbocycles. The highest BCUT2D eigenvalue weighted by Crippen LogP contribution is 2.21. The molecule has 2 rings (SSSR count). The lowest BCUT2D eigenvalue weighted by atomic mass is 10.1. The minimum atomic E-state index is -0.428. The molecule has 6 heteroatoms. The summed E-state index contributed by atoms with van der Waals surface area (Å²) >= 11 is 0. The van der Waals surface area contributed by atoms with Crippen molar-refractivity contribution in [2.24, 2.45) is 0 Å². The molecule has 2 unspecified atom stereocenters. The number of halogens is 1. The van der Waals surface area contributed by atoms with Gasteiger partial charge in [-0.1, -0.05) is 31.9 Å². The number of aliphatic hydroxyl groups excluding tert-OH is 1. The molecule has 0 radical (unpaired) electrons. The summed E-state index contributed by atoms with van der Waals surface area (Å²) in [4.78, 5) is 12.1. The number of hydrogen-bond acceptors (Lipinski definition) is 4. The predicted octanol–water partition coefficient (Wildman–Crippen LogP) is 2.32. The summed E-state index contributed by atoms with van der Waals surface area (Å²) in [7, 11) is 0. The van der Waals surface area contributed by atoms with Gasteiger partial charge in [-0.25, -0.2) is 0 Å². The Bertz CT molecular complexity index is 525. The van der Waals surface area contributed by atoms with Gasteiger partial charge in [-0.3, -0.25) is 4.79 Å². The zero-order valence-electron chi connectivity index (χ0n) is 14.5. The molecular formula is C18H29ClN2O3. The van der Waals surface area contributed by atoms with Crippen LogP contribution in [-0.4, -0.2) is 36.3 Å². The number of ether oxygens (including phenoxy) is 1. The lowest BCUT2D eigenvalue weighted by Gasteiger charge is -2.15. The molecule has 5 nitrogen and oxygen atoms in total. The Morgan fingerprint density at radius 1 is 1.42 bits per heavy atom. The van der Waals surface area contributed by atoms with Gasteiger partial charge in [0.2, 0.25) is 5.91 Å². The van der Waals surface area contributed by atoms with Gasteiger partial charge in [0.1, 0.15) is 5.75 Å². The molecule has 1 aliphatic heterocycles. The first-order valence-corrected chi connectivity index (χ1v) is 8.51. The fourth-order valence-electron chi connectivity index (χ4n) is 2.70. The minimum Gasteiger partial charge on any atom is -0.493 e. The number of amides is 1. The molecule has 2 atom stereocenters. The summed E-state index contributed by atoms with van der Waals surface area (Å²) in [5.41, 5.74) is 2.13. The number of aliphatic hydroxyl groups is 1. The fourth-order valence-corrected chi connectivity index (χ4v) is 2.70. The molecular weight excluding hydrogens is 328 g/mol. The minimum absolute atomic E-state index is 0. The van der Waals surface area contributed by atoms with Crippen molar-refractivity contribution in [2.75, 3.05) is 13.2 Å². The van der Waals surface area contributed by atoms with Crippen molar-refractivity contribution in [3.05, 3.63) is 29.3 Å². The maximum Gasteiger partial charge on any atom is 0.237 e. The van der Waals surface area contributed by atoms with Crippen LogP contribution in [0.5, 0.6) is 5.75 Å². The smallest absolute Gasteiger partial charge is 0.237 e. The molecule has 1 amide bonds. The van der Waals surface area contributed by atoms with Crippen LogP contribution in [0.15, 0.2) is 18.2 Å². The summed E-state index contributed by atoms with van der Waals surface area (Å²) in [6.45, 7) is 5.83. The summed E-state index contributed by atoms with van der Waals surface area (Å²) in [6.07, 6.45) is 3.41. The number of carbonyl (C=O) groups is 1. The van der Waals surface area contributed by atoms with Crippen LogP contribution in [0.3, 0.4) is 0 Å². The van der Waals surface area contributed by atoms with Gasteiger partial charge in [-0.05, 0) is 31.4 Å². The van der Waals surface area contributed by atoms with E-state index in [1.54, 1.807) is 0 Å². The van der Waals surface area contributed by atoms with Crippen molar-refractivity contribution in [3.63, 3.8) is 0 Å². The Hall–Kier alpha value is -1.30. The SMILES string of the molecule is CCCCCOc1cc(C)ccc1CNC(=O)C1CC(O)CN1.Cl. The number of benzene rings is 1. The molecule has 1 aliphatic rings. The summed E-state index contributed by atoms with van der Waals surface area (Å²) < 4.78 is 5.89. The maximum atomic E-state index is 12.1. The van der Waals surface area contributed by atoms with Gasteiger partial charge in [-0.2, -0.15) is 0 Å². The van der Waals surface area contributed by atoms with E-state index in [0.717, 1.165) is 29.7 Å². The van der Waals surface area contributed by atoms with Gasteiger partial charge < -0.3 is 20.5 Å². The van der Waals surface area contributed by atoms with Crippen molar-refractivity contribution in [2.45, 2.75) is 58.2 Å². The zero-order valence-corrected chi connectivity index (χ0v) is 15.3. The lowest BCUT2D eigenvalue weighted by molar-refractivity contribution is -0.123. The van der Waals surface area contributed by atoms with Crippen LogP contribution in [0.2, 0.25) is 0 Å². The largest absolute Gasteiger partial charge is 0.493 e. The van der Waals surface area contributed by atoms with Gasteiger partial charge in [0.15, 0.2) is 0 Å². The highest BCUT2D eigenvalue weighted by atomic mass is 35.5. The quantitative estimate of drug-likeness (QED) is 0.625. The first kappa shape index (κ1) is 20.7. The van der Waals surface area contributed by atoms with Crippen LogP contribution in [0.25, 0.3) is 0 Å². The van der Waals surface area contributed by atoms with Crippen LogP contribution < -0.4 is 15.4 Å². The maximum absolute atomic E-state index is 12.1. The fraction of sp³-hybridized carbons (Fsp3) is 0.611. The number of rotatable bonds is 8. The molecule has 1 fully saturated rings. The van der Waals surface area contributed by atoms with E-state index in [1.807, 2.05) is 25.1 Å². The number of nitrogens with one attached hydrogen (secondary N) is 2. The molecule has 1 saturated heterocycles. The lowest BCUT2D eigenvalue weighted by Crippen LogP contribution is -2.40. The second kappa shape index (κ2) is 10.5. The van der Waals surface area contributed by atoms with E-state index in [-0.39, 0.29) is 24.4 Å². The summed E-state index contributed by atoms with van der Waals surface area (Å²) in [5.74, 6) is 0.778. The van der Waals surface area contributed by atoms with Crippen molar-refractivity contribution in [3.8, 4) is 5.75 Å². The van der Waals surface area contributed by atoms with E-state index in [4.69, 9.17) is 4.74 Å². The molecule has 0 saturated carbocycles. The second-order valence-corrected chi connectivity index (χ2v) is 6.23. The van der Waals surface area contributed by atoms with E-state index >= 15 is 0 Å². The number of aryl methyl sites for hydroxylation is 1. The average Bonchev–Trinajstić information content (AvgIpc) is 2.97. The first-order chi connectivity index (χ1) is 11.1. The second-order valence-electron chi connectivity index (χ2n) is 6.23. The average molecular weight is 357 g/mol. The third-order valence-electron chi connectivity index (χ3n) is 4.11. The summed E-state index contributed by atoms with van der Waals surface area (Å²) in [5, 5.41) is 15.4. The molecule has 3 N–H and O–H groups in total. The number of β-amino-alcohol motifs (C(OH)–C–C–N with tert-alkyl or cyclic N) is 1. The van der Waals surface area contributed by atoms with Crippen LogP contribution in [0.4, 0.5) is 0 Å². The molecule has 1 aromatic rings. The summed E-state index contributed by atoms with van der Waals surface area (Å²) in [6, 6.07) is 5.74. The van der Waals surface area contributed by atoms with Crippen LogP contribution in [0, 0.1) is 6.92 Å². The molecule has 0 aromatic heterocycles. The first-order valence-electron chi connectivity index (χ1n) is 8.51. The Labute approximate surface area is 150 Å². The molecule has 1 aromatic carbocycles. The van der Waals surface area contributed by atoms with Gasteiger partial charge in [0.05, 0.1) is 18.8 Å². The third-order valence-corrected chi connectivity index (χ3v) is 4.11. The van der Waals surface area contributed by atoms with Crippen LogP contribution >= 0.6 is 12.4 Å². The highest BCUT2D eigenvalue weighted by Gasteiger charge is 2.27. The highest BCUT2D eigenvalue weighted by molar-refractivity contribution is 5.85. The monoisotopic (exact) mass is 356 g/mol. The molecule has 136 valence electrons. The Kier molecular flexibility index (Phi) is 9.11. The van der Waals surface area contributed by atoms with Gasteiger partial charge in [0, 0.05) is 18.7 Å². The van der Waals surface area contributed by atoms with E-state index < -0.39 is 6.10 Å². The Morgan fingerprint density at radius 3 is 2.88 bits per heavy atom. The number of hydrogen-bond donors (Lipinski definition) is 3. The predicted molar refractivity (Wildman–Crippen MR) is 97.7 cm³/mol. The number of carbonyl (C=O) groups excluding carboxylic acids is 1. The van der Waals surface area contributed by atoms with Crippen molar-refractivity contribution >= 4 is 18.3 Å². The normalized spacial score (nSPS) is 19.6. The van der Waals surface area contributed by atoms with Crippen LogP contribution in [0.1, 0.15) is 43.7 Å². The van der Waals surface area contributed by atoms with E-state index in [2.05, 4.69) is 17.6 Å². The van der Waals surface area contributed by atoms with E-state index in [0.29, 0.717) is 26.1 Å². The van der Waals surface area contributed by atoms with Gasteiger partial charge >= 0.3 is 0 Å². The molecule has 0 spiro atoms. The molecule has 1 heterocycles. The van der Waals surface area contributed by atoms with Crippen LogP contribution in [-0.2, 0) is 11.3 Å². The van der Waals surface area contributed by atoms with Crippen molar-refractivity contribution in [1.29, 1.82) is 0 Å². The van der Waals surface area contributed by atoms with Gasteiger partial charge in [0.25, 0.3) is 0 Å². The van der Waals surface area contributed by atoms with Gasteiger partial charge in [-0.15, -0.1) is 12.4 Å². The Balaban J connectivity index is 0.00000288. The van der Waals surface area contributed by atoms with Crippen molar-refractivity contribution < 1.29 is 14.6 Å². The zero-order chi connectivity index (χ0) is 16.7. The number of unbranched alkanes of at least 4 members (excludes halogenated alkanes) is 2. The van der Waals surface area contributed by atoms with Crippen molar-refractivity contribution in [1.82, 2.24) is 10.6 Å². The van der Waals surface area contributed by atoms with E-state index in [9.17, 15) is 9.90 Å². The Morgan fingerprint density at radius 2 is 2.21 bits per heavy atom. The third kappa shape index (κ3) is 6.30.